The van der Waals surface area contributed by atoms with E-state index in [1.165, 1.54) is 0 Å². The number of carbonyl (C=O) groups is 1. The zero-order valence-electron chi connectivity index (χ0n) is 10.3. The molecule has 1 aromatic carbocycles. The molecule has 1 aliphatic heterocycles. The third-order valence-corrected chi connectivity index (χ3v) is 3.27. The molecule has 0 aliphatic carbocycles. The van der Waals surface area contributed by atoms with E-state index in [-0.39, 0.29) is 11.9 Å². The maximum Gasteiger partial charge on any atom is 0.254 e. The number of benzene rings is 1. The highest BCUT2D eigenvalue weighted by Gasteiger charge is 2.29. The van der Waals surface area contributed by atoms with Crippen LogP contribution in [0.2, 0.25) is 0 Å². The van der Waals surface area contributed by atoms with Crippen molar-refractivity contribution in [3.63, 3.8) is 0 Å². The van der Waals surface area contributed by atoms with Gasteiger partial charge in [-0.25, -0.2) is 0 Å². The normalized spacial score (nSPS) is 15.8. The zero-order chi connectivity index (χ0) is 12.7. The monoisotopic (exact) mass is 241 g/mol. The average molecular weight is 241 g/mol. The number of aryl methyl sites for hydroxylation is 1. The van der Waals surface area contributed by atoms with Crippen molar-refractivity contribution in [2.75, 3.05) is 13.1 Å². The second kappa shape index (κ2) is 4.07. The lowest BCUT2D eigenvalue weighted by Crippen LogP contribution is -2.57. The van der Waals surface area contributed by atoms with Gasteiger partial charge in [-0.3, -0.25) is 9.78 Å². The van der Waals surface area contributed by atoms with E-state index in [4.69, 9.17) is 5.73 Å². The van der Waals surface area contributed by atoms with Gasteiger partial charge in [-0.05, 0) is 19.1 Å². The number of rotatable bonds is 1. The maximum atomic E-state index is 12.4. The Morgan fingerprint density at radius 2 is 2.11 bits per heavy atom. The van der Waals surface area contributed by atoms with Crippen LogP contribution < -0.4 is 5.73 Å². The molecule has 1 saturated heterocycles. The zero-order valence-corrected chi connectivity index (χ0v) is 10.3. The molecule has 4 heteroatoms. The molecular weight excluding hydrogens is 226 g/mol. The minimum atomic E-state index is 0.0541. The number of hydrogen-bond donors (Lipinski definition) is 1. The van der Waals surface area contributed by atoms with Crippen molar-refractivity contribution >= 4 is 16.8 Å². The van der Waals surface area contributed by atoms with Crippen LogP contribution in [0.5, 0.6) is 0 Å². The summed E-state index contributed by atoms with van der Waals surface area (Å²) in [7, 11) is 0. The molecule has 2 heterocycles. The van der Waals surface area contributed by atoms with E-state index >= 15 is 0 Å². The first-order valence-electron chi connectivity index (χ1n) is 6.06. The van der Waals surface area contributed by atoms with Crippen LogP contribution in [-0.4, -0.2) is 34.9 Å². The standard InChI is InChI=1S/C14H15N3O/c1-9-6-12(14(18)17-7-10(15)8-17)11-4-2-3-5-13(11)16-9/h2-6,10H,7-8,15H2,1H3. The van der Waals surface area contributed by atoms with Crippen LogP contribution in [0, 0.1) is 6.92 Å². The molecule has 0 atom stereocenters. The number of carbonyl (C=O) groups excluding carboxylic acids is 1. The summed E-state index contributed by atoms with van der Waals surface area (Å²) in [5.41, 5.74) is 8.18. The fourth-order valence-corrected chi connectivity index (χ4v) is 2.33. The van der Waals surface area contributed by atoms with E-state index in [0.717, 1.165) is 22.2 Å². The van der Waals surface area contributed by atoms with Gasteiger partial charge in [0.1, 0.15) is 0 Å². The summed E-state index contributed by atoms with van der Waals surface area (Å²) in [6.07, 6.45) is 0. The Bertz CT molecular complexity index is 617. The highest BCUT2D eigenvalue weighted by molar-refractivity contribution is 6.06. The van der Waals surface area contributed by atoms with Gasteiger partial charge in [0, 0.05) is 30.2 Å². The Balaban J connectivity index is 2.08. The largest absolute Gasteiger partial charge is 0.335 e. The Kier molecular flexibility index (Phi) is 2.52. The van der Waals surface area contributed by atoms with E-state index in [1.54, 1.807) is 4.90 Å². The van der Waals surface area contributed by atoms with Gasteiger partial charge in [0.2, 0.25) is 0 Å². The Labute approximate surface area is 105 Å². The molecule has 0 bridgehead atoms. The molecule has 2 N–H and O–H groups in total. The summed E-state index contributed by atoms with van der Waals surface area (Å²) in [5, 5.41) is 0.911. The van der Waals surface area contributed by atoms with Crippen LogP contribution in [-0.2, 0) is 0 Å². The summed E-state index contributed by atoms with van der Waals surface area (Å²) < 4.78 is 0. The summed E-state index contributed by atoms with van der Waals surface area (Å²) in [4.78, 5) is 18.6. The van der Waals surface area contributed by atoms with E-state index in [0.29, 0.717) is 13.1 Å². The molecule has 1 aliphatic rings. The number of nitrogens with two attached hydrogens (primary N) is 1. The number of hydrogen-bond acceptors (Lipinski definition) is 3. The molecule has 2 aromatic rings. The lowest BCUT2D eigenvalue weighted by atomic mass is 10.0. The first-order valence-corrected chi connectivity index (χ1v) is 6.06. The van der Waals surface area contributed by atoms with E-state index in [1.807, 2.05) is 37.3 Å². The molecule has 0 unspecified atom stereocenters. The maximum absolute atomic E-state index is 12.4. The van der Waals surface area contributed by atoms with Gasteiger partial charge in [0.15, 0.2) is 0 Å². The molecule has 18 heavy (non-hydrogen) atoms. The molecule has 1 amide bonds. The highest BCUT2D eigenvalue weighted by atomic mass is 16.2. The second-order valence-corrected chi connectivity index (χ2v) is 4.80. The first kappa shape index (κ1) is 11.2. The van der Waals surface area contributed by atoms with Gasteiger partial charge >= 0.3 is 0 Å². The number of fused-ring (bicyclic) bond motifs is 1. The smallest absolute Gasteiger partial charge is 0.254 e. The Morgan fingerprint density at radius 1 is 1.39 bits per heavy atom. The fraction of sp³-hybridized carbons (Fsp3) is 0.286. The molecule has 0 radical (unpaired) electrons. The van der Waals surface area contributed by atoms with Crippen LogP contribution in [0.25, 0.3) is 10.9 Å². The van der Waals surface area contributed by atoms with Gasteiger partial charge in [-0.1, -0.05) is 18.2 Å². The molecule has 0 spiro atoms. The molecule has 4 nitrogen and oxygen atoms in total. The second-order valence-electron chi connectivity index (χ2n) is 4.80. The van der Waals surface area contributed by atoms with Gasteiger partial charge in [-0.2, -0.15) is 0 Å². The van der Waals surface area contributed by atoms with Crippen molar-refractivity contribution in [2.45, 2.75) is 13.0 Å². The van der Waals surface area contributed by atoms with E-state index in [2.05, 4.69) is 4.98 Å². The SMILES string of the molecule is Cc1cc(C(=O)N2CC(N)C2)c2ccccc2n1. The molecule has 92 valence electrons. The summed E-state index contributed by atoms with van der Waals surface area (Å²) in [5.74, 6) is 0.0541. The minimum Gasteiger partial charge on any atom is -0.335 e. The van der Waals surface area contributed by atoms with Crippen molar-refractivity contribution in [1.29, 1.82) is 0 Å². The van der Waals surface area contributed by atoms with Crippen LogP contribution in [0.4, 0.5) is 0 Å². The number of aromatic nitrogens is 1. The number of nitrogens with zero attached hydrogens (tertiary/aromatic N) is 2. The van der Waals surface area contributed by atoms with Crippen molar-refractivity contribution in [3.05, 3.63) is 41.6 Å². The number of amides is 1. The predicted octanol–water partition coefficient (Wildman–Crippen LogP) is 1.33. The van der Waals surface area contributed by atoms with Gasteiger partial charge in [0.05, 0.1) is 11.1 Å². The lowest BCUT2D eigenvalue weighted by Gasteiger charge is -2.37. The third-order valence-electron chi connectivity index (χ3n) is 3.27. The van der Waals surface area contributed by atoms with Gasteiger partial charge in [0.25, 0.3) is 5.91 Å². The molecular formula is C14H15N3O. The predicted molar refractivity (Wildman–Crippen MR) is 70.4 cm³/mol. The Morgan fingerprint density at radius 3 is 2.83 bits per heavy atom. The van der Waals surface area contributed by atoms with Gasteiger partial charge in [-0.15, -0.1) is 0 Å². The lowest BCUT2D eigenvalue weighted by molar-refractivity contribution is 0.0610. The molecule has 0 saturated carbocycles. The van der Waals surface area contributed by atoms with Crippen molar-refractivity contribution < 1.29 is 4.79 Å². The van der Waals surface area contributed by atoms with Crippen LogP contribution >= 0.6 is 0 Å². The fourth-order valence-electron chi connectivity index (χ4n) is 2.33. The minimum absolute atomic E-state index is 0.0541. The van der Waals surface area contributed by atoms with Gasteiger partial charge < -0.3 is 10.6 Å². The van der Waals surface area contributed by atoms with E-state index in [9.17, 15) is 4.79 Å². The summed E-state index contributed by atoms with van der Waals surface area (Å²) >= 11 is 0. The average Bonchev–Trinajstić information content (AvgIpc) is 2.33. The van der Waals surface area contributed by atoms with Crippen molar-refractivity contribution in [2.24, 2.45) is 5.73 Å². The van der Waals surface area contributed by atoms with Crippen LogP contribution in [0.1, 0.15) is 16.1 Å². The highest BCUT2D eigenvalue weighted by Crippen LogP contribution is 2.21. The van der Waals surface area contributed by atoms with Crippen molar-refractivity contribution in [3.8, 4) is 0 Å². The topological polar surface area (TPSA) is 59.2 Å². The van der Waals surface area contributed by atoms with Crippen LogP contribution in [0.15, 0.2) is 30.3 Å². The molecule has 1 fully saturated rings. The van der Waals surface area contributed by atoms with E-state index < -0.39 is 0 Å². The number of pyridine rings is 1. The Hall–Kier alpha value is -1.94. The molecule has 3 rings (SSSR count). The number of likely N-dealkylation sites (tertiary alicyclic amines) is 1. The van der Waals surface area contributed by atoms with Crippen LogP contribution in [0.3, 0.4) is 0 Å². The first-order chi connectivity index (χ1) is 8.65. The third kappa shape index (κ3) is 1.75. The quantitative estimate of drug-likeness (QED) is 0.819. The molecule has 1 aromatic heterocycles. The van der Waals surface area contributed by atoms with Crippen molar-refractivity contribution in [1.82, 2.24) is 9.88 Å². The summed E-state index contributed by atoms with van der Waals surface area (Å²) in [6, 6.07) is 9.72. The summed E-state index contributed by atoms with van der Waals surface area (Å²) in [6.45, 7) is 3.20. The number of para-hydroxylation sites is 1.